The molecule has 0 radical (unpaired) electrons. The number of quaternary nitrogens is 1. The van der Waals surface area contributed by atoms with Crippen LogP contribution in [0.3, 0.4) is 0 Å². The topological polar surface area (TPSA) is 51.9 Å². The van der Waals surface area contributed by atoms with Gasteiger partial charge < -0.3 is 5.73 Å². The van der Waals surface area contributed by atoms with E-state index >= 15 is 0 Å². The van der Waals surface area contributed by atoms with Crippen molar-refractivity contribution >= 4 is 5.69 Å². The Hall–Kier alpha value is -0.900. The maximum atomic E-state index is 5.89. The Kier molecular flexibility index (Phi) is 5.79. The Morgan fingerprint density at radius 2 is 2.00 bits per heavy atom. The molecule has 0 aromatic heterocycles. The average Bonchev–Trinajstić information content (AvgIpc) is 2.29. The van der Waals surface area contributed by atoms with Crippen molar-refractivity contribution in [2.45, 2.75) is 52.5 Å². The summed E-state index contributed by atoms with van der Waals surface area (Å²) in [6.45, 7) is 8.85. The molecular weight excluding hydrogens is 224 g/mol. The summed E-state index contributed by atoms with van der Waals surface area (Å²) in [6.07, 6.45) is 3.35. The fourth-order valence-electron chi connectivity index (χ4n) is 1.87. The summed E-state index contributed by atoms with van der Waals surface area (Å²) in [6, 6.07) is 6.62. The van der Waals surface area contributed by atoms with E-state index in [-0.39, 0.29) is 5.54 Å². The van der Waals surface area contributed by atoms with Crippen LogP contribution in [0.15, 0.2) is 18.2 Å². The summed E-state index contributed by atoms with van der Waals surface area (Å²) in [7, 11) is 0. The van der Waals surface area contributed by atoms with E-state index in [1.165, 1.54) is 23.2 Å². The van der Waals surface area contributed by atoms with E-state index in [0.29, 0.717) is 6.61 Å². The zero-order valence-electron chi connectivity index (χ0n) is 12.1. The second kappa shape index (κ2) is 6.88. The number of nitrogens with two attached hydrogens (primary N) is 2. The zero-order chi connectivity index (χ0) is 13.6. The fourth-order valence-corrected chi connectivity index (χ4v) is 1.87. The molecule has 1 aromatic carbocycles. The first-order chi connectivity index (χ1) is 8.46. The number of rotatable bonds is 7. The molecule has 1 aromatic rings. The van der Waals surface area contributed by atoms with Gasteiger partial charge >= 0.3 is 0 Å². The number of benzene rings is 1. The van der Waals surface area contributed by atoms with Gasteiger partial charge in [0.1, 0.15) is 6.61 Å². The molecule has 0 saturated heterocycles. The lowest BCUT2D eigenvalue weighted by Crippen LogP contribution is -2.78. The lowest BCUT2D eigenvalue weighted by molar-refractivity contribution is -0.839. The maximum Gasteiger partial charge on any atom is 0.165 e. The molecule has 4 N–H and O–H groups in total. The van der Waals surface area contributed by atoms with E-state index in [0.717, 1.165) is 12.8 Å². The minimum Gasteiger partial charge on any atom is -0.323 e. The molecule has 0 heterocycles. The summed E-state index contributed by atoms with van der Waals surface area (Å²) in [5, 5.41) is 0. The Bertz CT molecular complexity index is 369. The van der Waals surface area contributed by atoms with Crippen LogP contribution in [-0.2, 0) is 17.7 Å². The van der Waals surface area contributed by atoms with Gasteiger partial charge in [0.25, 0.3) is 0 Å². The standard InChI is InChI=1S/C15H26N2O/c1-5-7-12-8-9-14(13(6-2)10-12)17-18-11-15(3,4)16/h8-10,17H,5-7,11,16H2,1-4H3/p+1. The molecule has 1 rings (SSSR count). The van der Waals surface area contributed by atoms with Gasteiger partial charge in [-0.1, -0.05) is 26.3 Å². The SMILES string of the molecule is CCCc1ccc([NH2+]OCC(C)(C)N)c(CC)c1. The molecule has 0 unspecified atom stereocenters. The highest BCUT2D eigenvalue weighted by Crippen LogP contribution is 2.15. The molecule has 0 aliphatic rings. The van der Waals surface area contributed by atoms with Gasteiger partial charge in [-0.25, -0.2) is 0 Å². The molecule has 102 valence electrons. The Labute approximate surface area is 111 Å². The fraction of sp³-hybridized carbons (Fsp3) is 0.600. The van der Waals surface area contributed by atoms with Crippen molar-refractivity contribution in [1.82, 2.24) is 0 Å². The van der Waals surface area contributed by atoms with Crippen LogP contribution in [0.4, 0.5) is 5.69 Å². The lowest BCUT2D eigenvalue weighted by atomic mass is 10.0. The predicted octanol–water partition coefficient (Wildman–Crippen LogP) is 2.07. The summed E-state index contributed by atoms with van der Waals surface area (Å²) < 4.78 is 0. The number of hydrogen-bond donors (Lipinski definition) is 2. The maximum absolute atomic E-state index is 5.89. The first-order valence-electron chi connectivity index (χ1n) is 6.81. The molecule has 3 nitrogen and oxygen atoms in total. The van der Waals surface area contributed by atoms with Crippen molar-refractivity contribution in [3.8, 4) is 0 Å². The monoisotopic (exact) mass is 251 g/mol. The predicted molar refractivity (Wildman–Crippen MR) is 75.6 cm³/mol. The zero-order valence-corrected chi connectivity index (χ0v) is 12.1. The van der Waals surface area contributed by atoms with Crippen LogP contribution < -0.4 is 11.2 Å². The van der Waals surface area contributed by atoms with Crippen molar-refractivity contribution < 1.29 is 10.3 Å². The number of hydrogen-bond acceptors (Lipinski definition) is 2. The van der Waals surface area contributed by atoms with E-state index in [2.05, 4.69) is 32.0 Å². The molecule has 3 heteroatoms. The molecule has 0 spiro atoms. The van der Waals surface area contributed by atoms with E-state index in [4.69, 9.17) is 10.6 Å². The Balaban J connectivity index is 2.65. The van der Waals surface area contributed by atoms with Gasteiger partial charge in [-0.05, 0) is 38.3 Å². The molecule has 0 aliphatic carbocycles. The van der Waals surface area contributed by atoms with Gasteiger partial charge in [-0.15, -0.1) is 0 Å². The Morgan fingerprint density at radius 3 is 2.56 bits per heavy atom. The van der Waals surface area contributed by atoms with Crippen LogP contribution in [0.2, 0.25) is 0 Å². The summed E-state index contributed by atoms with van der Waals surface area (Å²) in [5.41, 5.74) is 11.4. The van der Waals surface area contributed by atoms with Crippen LogP contribution in [0, 0.1) is 0 Å². The third kappa shape index (κ3) is 5.17. The summed E-state index contributed by atoms with van der Waals surface area (Å²) in [5.74, 6) is 0. The van der Waals surface area contributed by atoms with Crippen molar-refractivity contribution in [3.63, 3.8) is 0 Å². The van der Waals surface area contributed by atoms with E-state index < -0.39 is 0 Å². The quantitative estimate of drug-likeness (QED) is 0.576. The van der Waals surface area contributed by atoms with Crippen LogP contribution in [0.5, 0.6) is 0 Å². The molecule has 0 fully saturated rings. The molecule has 0 saturated carbocycles. The molecule has 0 amide bonds. The third-order valence-electron chi connectivity index (χ3n) is 2.79. The molecule has 0 atom stereocenters. The van der Waals surface area contributed by atoms with Crippen molar-refractivity contribution in [1.29, 1.82) is 0 Å². The molecule has 18 heavy (non-hydrogen) atoms. The van der Waals surface area contributed by atoms with Crippen LogP contribution in [0.1, 0.15) is 45.2 Å². The van der Waals surface area contributed by atoms with Crippen molar-refractivity contribution in [2.24, 2.45) is 5.73 Å². The second-order valence-corrected chi connectivity index (χ2v) is 5.55. The average molecular weight is 251 g/mol. The first-order valence-corrected chi connectivity index (χ1v) is 6.81. The normalized spacial score (nSPS) is 11.8. The second-order valence-electron chi connectivity index (χ2n) is 5.55. The van der Waals surface area contributed by atoms with Crippen molar-refractivity contribution in [3.05, 3.63) is 29.3 Å². The highest BCUT2D eigenvalue weighted by molar-refractivity contribution is 5.41. The Morgan fingerprint density at radius 1 is 1.28 bits per heavy atom. The minimum absolute atomic E-state index is 0.287. The highest BCUT2D eigenvalue weighted by atomic mass is 16.6. The van der Waals surface area contributed by atoms with Gasteiger partial charge in [-0.3, -0.25) is 0 Å². The minimum atomic E-state index is -0.287. The molecule has 0 bridgehead atoms. The smallest absolute Gasteiger partial charge is 0.165 e. The van der Waals surface area contributed by atoms with Crippen molar-refractivity contribution in [2.75, 3.05) is 6.61 Å². The van der Waals surface area contributed by atoms with Crippen LogP contribution in [0.25, 0.3) is 0 Å². The van der Waals surface area contributed by atoms with Gasteiger partial charge in [-0.2, -0.15) is 10.3 Å². The summed E-state index contributed by atoms with van der Waals surface area (Å²) in [4.78, 5) is 5.58. The molecule has 0 aliphatic heterocycles. The lowest BCUT2D eigenvalue weighted by Gasteiger charge is -2.16. The molecular formula is C15H27N2O+. The van der Waals surface area contributed by atoms with Gasteiger partial charge in [0.05, 0.1) is 0 Å². The van der Waals surface area contributed by atoms with Gasteiger partial charge in [0, 0.05) is 17.2 Å². The van der Waals surface area contributed by atoms with Crippen LogP contribution in [-0.4, -0.2) is 12.1 Å². The van der Waals surface area contributed by atoms with Gasteiger partial charge in [0.15, 0.2) is 5.69 Å². The van der Waals surface area contributed by atoms with E-state index in [9.17, 15) is 0 Å². The van der Waals surface area contributed by atoms with E-state index in [1.807, 2.05) is 19.3 Å². The van der Waals surface area contributed by atoms with Crippen LogP contribution >= 0.6 is 0 Å². The largest absolute Gasteiger partial charge is 0.323 e. The highest BCUT2D eigenvalue weighted by Gasteiger charge is 2.13. The third-order valence-corrected chi connectivity index (χ3v) is 2.79. The number of aryl methyl sites for hydroxylation is 2. The van der Waals surface area contributed by atoms with Gasteiger partial charge in [0.2, 0.25) is 0 Å². The summed E-state index contributed by atoms with van der Waals surface area (Å²) >= 11 is 0. The van der Waals surface area contributed by atoms with E-state index in [1.54, 1.807) is 0 Å². The first kappa shape index (κ1) is 15.2.